The number of aromatic nitrogens is 1. The van der Waals surface area contributed by atoms with Gasteiger partial charge in [0, 0.05) is 49.5 Å². The average Bonchev–Trinajstić information content (AvgIpc) is 2.90. The van der Waals surface area contributed by atoms with Gasteiger partial charge in [-0.2, -0.15) is 0 Å². The molecule has 0 fully saturated rings. The highest BCUT2D eigenvalue weighted by molar-refractivity contribution is 5.77. The maximum atomic E-state index is 6.02. The predicted octanol–water partition coefficient (Wildman–Crippen LogP) is 2.35. The quantitative estimate of drug-likeness (QED) is 0.795. The molecule has 1 heterocycles. The Balaban J connectivity index is 2.26. The maximum absolute atomic E-state index is 6.02. The van der Waals surface area contributed by atoms with E-state index >= 15 is 0 Å². The van der Waals surface area contributed by atoms with E-state index in [2.05, 4.69) is 16.0 Å². The lowest BCUT2D eigenvalue weighted by atomic mass is 10.1. The molecule has 1 aromatic heterocycles. The Morgan fingerprint density at radius 3 is 2.83 bits per heavy atom. The first-order valence-corrected chi connectivity index (χ1v) is 5.95. The van der Waals surface area contributed by atoms with E-state index in [9.17, 15) is 0 Å². The smallest absolute Gasteiger partial charge is 0.0637 e. The third-order valence-corrected chi connectivity index (χ3v) is 3.00. The lowest BCUT2D eigenvalue weighted by Gasteiger charge is -2.20. The zero-order chi connectivity index (χ0) is 13.0. The third kappa shape index (κ3) is 2.65. The molecule has 0 spiro atoms. The molecule has 18 heavy (non-hydrogen) atoms. The van der Waals surface area contributed by atoms with Gasteiger partial charge in [0.25, 0.3) is 0 Å². The number of nitrogens with one attached hydrogen (secondary N) is 1. The van der Waals surface area contributed by atoms with Crippen molar-refractivity contribution >= 4 is 11.4 Å². The van der Waals surface area contributed by atoms with E-state index in [1.165, 1.54) is 0 Å². The summed E-state index contributed by atoms with van der Waals surface area (Å²) < 4.78 is 5.09. The second-order valence-electron chi connectivity index (χ2n) is 4.27. The fourth-order valence-electron chi connectivity index (χ4n) is 1.87. The van der Waals surface area contributed by atoms with Crippen LogP contribution in [0.25, 0.3) is 11.3 Å². The van der Waals surface area contributed by atoms with Gasteiger partial charge in [-0.25, -0.2) is 0 Å². The fourth-order valence-corrected chi connectivity index (χ4v) is 1.87. The first kappa shape index (κ1) is 12.5. The second-order valence-corrected chi connectivity index (χ2v) is 4.27. The molecule has 2 rings (SSSR count). The van der Waals surface area contributed by atoms with Crippen LogP contribution >= 0.6 is 0 Å². The largest absolute Gasteiger partial charge is 0.398 e. The van der Waals surface area contributed by atoms with E-state index in [-0.39, 0.29) is 0 Å². The van der Waals surface area contributed by atoms with Crippen molar-refractivity contribution in [3.05, 3.63) is 36.5 Å². The Hall–Kier alpha value is -1.94. The van der Waals surface area contributed by atoms with Crippen molar-refractivity contribution in [2.45, 2.75) is 0 Å². The van der Waals surface area contributed by atoms with Crippen LogP contribution in [0.2, 0.25) is 0 Å². The highest BCUT2D eigenvalue weighted by Gasteiger charge is 2.07. The molecule has 0 aliphatic heterocycles. The summed E-state index contributed by atoms with van der Waals surface area (Å²) in [6, 6.07) is 10.0. The maximum Gasteiger partial charge on any atom is 0.0637 e. The summed E-state index contributed by atoms with van der Waals surface area (Å²) in [5.41, 5.74) is 9.99. The molecule has 4 heteroatoms. The molecule has 1 aromatic carbocycles. The van der Waals surface area contributed by atoms with Crippen molar-refractivity contribution in [3.8, 4) is 11.3 Å². The molecule has 0 bridgehead atoms. The molecule has 96 valence electrons. The van der Waals surface area contributed by atoms with Gasteiger partial charge in [-0.1, -0.05) is 0 Å². The van der Waals surface area contributed by atoms with Crippen LogP contribution in [0.1, 0.15) is 0 Å². The lowest BCUT2D eigenvalue weighted by molar-refractivity contribution is 0.206. The number of rotatable bonds is 5. The Kier molecular flexibility index (Phi) is 3.89. The van der Waals surface area contributed by atoms with E-state index in [1.54, 1.807) is 7.11 Å². The topological polar surface area (TPSA) is 54.3 Å². The summed E-state index contributed by atoms with van der Waals surface area (Å²) in [5.74, 6) is 0. The number of H-pyrrole nitrogens is 1. The molecule has 3 N–H and O–H groups in total. The van der Waals surface area contributed by atoms with Crippen LogP contribution in [0.3, 0.4) is 0 Å². The summed E-state index contributed by atoms with van der Waals surface area (Å²) in [4.78, 5) is 5.33. The second kappa shape index (κ2) is 5.60. The van der Waals surface area contributed by atoms with Gasteiger partial charge in [-0.3, -0.25) is 0 Å². The average molecular weight is 245 g/mol. The van der Waals surface area contributed by atoms with Gasteiger partial charge < -0.3 is 20.4 Å². The first-order chi connectivity index (χ1) is 8.72. The highest BCUT2D eigenvalue weighted by Crippen LogP contribution is 2.28. The highest BCUT2D eigenvalue weighted by atomic mass is 16.5. The van der Waals surface area contributed by atoms with Gasteiger partial charge in [0.2, 0.25) is 0 Å². The van der Waals surface area contributed by atoms with Crippen LogP contribution in [-0.4, -0.2) is 32.3 Å². The molecule has 0 saturated heterocycles. The van der Waals surface area contributed by atoms with Gasteiger partial charge in [0.1, 0.15) is 0 Å². The summed E-state index contributed by atoms with van der Waals surface area (Å²) >= 11 is 0. The van der Waals surface area contributed by atoms with Crippen molar-refractivity contribution in [2.75, 3.05) is 37.9 Å². The number of anilines is 2. The normalized spacial score (nSPS) is 10.6. The lowest BCUT2D eigenvalue weighted by Crippen LogP contribution is -2.22. The van der Waals surface area contributed by atoms with E-state index in [0.29, 0.717) is 6.61 Å². The Labute approximate surface area is 107 Å². The molecule has 0 radical (unpaired) electrons. The zero-order valence-corrected chi connectivity index (χ0v) is 10.8. The Morgan fingerprint density at radius 2 is 2.17 bits per heavy atom. The Bertz CT molecular complexity index is 494. The number of nitrogens with two attached hydrogens (primary N) is 1. The van der Waals surface area contributed by atoms with Crippen molar-refractivity contribution in [3.63, 3.8) is 0 Å². The van der Waals surface area contributed by atoms with Crippen LogP contribution < -0.4 is 10.6 Å². The molecule has 0 atom stereocenters. The van der Waals surface area contributed by atoms with E-state index in [1.807, 2.05) is 37.5 Å². The molecule has 2 aromatic rings. The standard InChI is InChI=1S/C14H19N3O/c1-17(8-9-18-2)11-5-6-13(15)12(10-11)14-4-3-7-16-14/h3-7,10,16H,8-9,15H2,1-2H3. The molecular weight excluding hydrogens is 226 g/mol. The minimum atomic E-state index is 0.707. The summed E-state index contributed by atoms with van der Waals surface area (Å²) in [6.45, 7) is 1.56. The SMILES string of the molecule is COCCN(C)c1ccc(N)c(-c2ccc[nH]2)c1. The number of hydrogen-bond donors (Lipinski definition) is 2. The summed E-state index contributed by atoms with van der Waals surface area (Å²) in [7, 11) is 3.75. The van der Waals surface area contributed by atoms with E-state index in [0.717, 1.165) is 29.2 Å². The number of benzene rings is 1. The molecule has 0 aliphatic carbocycles. The van der Waals surface area contributed by atoms with Crippen molar-refractivity contribution in [1.29, 1.82) is 0 Å². The van der Waals surface area contributed by atoms with Crippen LogP contribution in [0, 0.1) is 0 Å². The third-order valence-electron chi connectivity index (χ3n) is 3.00. The molecule has 4 nitrogen and oxygen atoms in total. The summed E-state index contributed by atoms with van der Waals surface area (Å²) in [6.07, 6.45) is 1.90. The molecule has 0 amide bonds. The molecule has 0 unspecified atom stereocenters. The van der Waals surface area contributed by atoms with Gasteiger partial charge in [0.05, 0.1) is 6.61 Å². The van der Waals surface area contributed by atoms with Crippen LogP contribution in [0.5, 0.6) is 0 Å². The van der Waals surface area contributed by atoms with Gasteiger partial charge in [-0.05, 0) is 30.3 Å². The van der Waals surface area contributed by atoms with Crippen LogP contribution in [0.15, 0.2) is 36.5 Å². The fraction of sp³-hybridized carbons (Fsp3) is 0.286. The van der Waals surface area contributed by atoms with Gasteiger partial charge in [0.15, 0.2) is 0 Å². The Morgan fingerprint density at radius 1 is 1.33 bits per heavy atom. The van der Waals surface area contributed by atoms with Gasteiger partial charge >= 0.3 is 0 Å². The number of likely N-dealkylation sites (N-methyl/N-ethyl adjacent to an activating group) is 1. The van der Waals surface area contributed by atoms with Crippen LogP contribution in [0.4, 0.5) is 11.4 Å². The minimum absolute atomic E-state index is 0.707. The first-order valence-electron chi connectivity index (χ1n) is 5.95. The minimum Gasteiger partial charge on any atom is -0.398 e. The van der Waals surface area contributed by atoms with Crippen molar-refractivity contribution in [2.24, 2.45) is 0 Å². The van der Waals surface area contributed by atoms with E-state index < -0.39 is 0 Å². The van der Waals surface area contributed by atoms with Crippen molar-refractivity contribution in [1.82, 2.24) is 4.98 Å². The van der Waals surface area contributed by atoms with Gasteiger partial charge in [-0.15, -0.1) is 0 Å². The number of methoxy groups -OCH3 is 1. The van der Waals surface area contributed by atoms with Crippen molar-refractivity contribution < 1.29 is 4.74 Å². The number of aromatic amines is 1. The number of nitrogens with zero attached hydrogens (tertiary/aromatic N) is 1. The number of ether oxygens (including phenoxy) is 1. The van der Waals surface area contributed by atoms with Crippen LogP contribution in [-0.2, 0) is 4.74 Å². The number of hydrogen-bond acceptors (Lipinski definition) is 3. The number of nitrogen functional groups attached to an aromatic ring is 1. The molecule has 0 aliphatic rings. The zero-order valence-electron chi connectivity index (χ0n) is 10.8. The summed E-state index contributed by atoms with van der Waals surface area (Å²) in [5, 5.41) is 0. The predicted molar refractivity (Wildman–Crippen MR) is 75.8 cm³/mol. The van der Waals surface area contributed by atoms with E-state index in [4.69, 9.17) is 10.5 Å². The molecule has 0 saturated carbocycles. The molecular formula is C14H19N3O. The monoisotopic (exact) mass is 245 g/mol.